The number of imidazole rings is 1. The summed E-state index contributed by atoms with van der Waals surface area (Å²) in [6.07, 6.45) is 5.81. The first-order valence-corrected chi connectivity index (χ1v) is 15.5. The van der Waals surface area contributed by atoms with Gasteiger partial charge in [0.15, 0.2) is 0 Å². The summed E-state index contributed by atoms with van der Waals surface area (Å²) in [6, 6.07) is 13.0. The van der Waals surface area contributed by atoms with Crippen LogP contribution in [0.15, 0.2) is 67.0 Å². The van der Waals surface area contributed by atoms with Crippen LogP contribution in [0, 0.1) is 17.5 Å². The third-order valence-electron chi connectivity index (χ3n) is 8.39. The zero-order valence-corrected chi connectivity index (χ0v) is 25.6. The highest BCUT2D eigenvalue weighted by molar-refractivity contribution is 5.92. The minimum absolute atomic E-state index is 0.0414. The number of nitrogens with zero attached hydrogens (tertiary/aromatic N) is 4. The summed E-state index contributed by atoms with van der Waals surface area (Å²) >= 11 is 0. The molecule has 13 heteroatoms. The van der Waals surface area contributed by atoms with Crippen LogP contribution in [0.2, 0.25) is 0 Å². The van der Waals surface area contributed by atoms with E-state index in [9.17, 15) is 14.3 Å². The third-order valence-corrected chi connectivity index (χ3v) is 8.39. The minimum Gasteiger partial charge on any atom is -0.478 e. The summed E-state index contributed by atoms with van der Waals surface area (Å²) in [5, 5.41) is 12.6. The summed E-state index contributed by atoms with van der Waals surface area (Å²) in [7, 11) is 0. The number of aromatic carboxylic acids is 1. The number of benzene rings is 2. The molecule has 1 saturated carbocycles. The molecular formula is C35H31F3N6O4. The Morgan fingerprint density at radius 2 is 1.85 bits per heavy atom. The standard InChI is InChI=1S/C35H31F3N6O4/c36-25-13-24(29-2-1-3-34(43-29)48-18-21-15-41-31(14-26(21)37)28(39)16-40-22-5-6-22)27(38)10-20(25)12-33-42-30-7-4-19(35(45)46)11-32(30)44(33)17-23-8-9-47-23/h1-4,7,10-11,13-16,22-23,40H,5-6,8-9,12,17-18,39H2,(H,45,46)/b28-16-. The van der Waals surface area contributed by atoms with Gasteiger partial charge < -0.3 is 30.2 Å². The number of nitrogens with two attached hydrogens (primary N) is 1. The number of ether oxygens (including phenoxy) is 2. The molecule has 1 saturated heterocycles. The van der Waals surface area contributed by atoms with Crippen LogP contribution in [0.5, 0.6) is 5.88 Å². The lowest BCUT2D eigenvalue weighted by atomic mass is 10.0. The highest BCUT2D eigenvalue weighted by Crippen LogP contribution is 2.29. The first-order chi connectivity index (χ1) is 23.2. The lowest BCUT2D eigenvalue weighted by Crippen LogP contribution is -2.31. The van der Waals surface area contributed by atoms with Crippen molar-refractivity contribution in [3.05, 3.63) is 113 Å². The Bertz CT molecular complexity index is 2060. The second-order valence-electron chi connectivity index (χ2n) is 11.9. The van der Waals surface area contributed by atoms with Crippen molar-refractivity contribution in [2.24, 2.45) is 5.73 Å². The van der Waals surface area contributed by atoms with E-state index in [1.54, 1.807) is 18.3 Å². The molecule has 1 aliphatic carbocycles. The fourth-order valence-electron chi connectivity index (χ4n) is 5.42. The summed E-state index contributed by atoms with van der Waals surface area (Å²) in [6.45, 7) is 0.832. The summed E-state index contributed by atoms with van der Waals surface area (Å²) in [5.41, 5.74) is 8.12. The molecule has 5 aromatic rings. The first kappa shape index (κ1) is 31.2. The average Bonchev–Trinajstić information content (AvgIpc) is 3.83. The van der Waals surface area contributed by atoms with Crippen molar-refractivity contribution < 1.29 is 32.5 Å². The summed E-state index contributed by atoms with van der Waals surface area (Å²) in [4.78, 5) is 24.8. The third kappa shape index (κ3) is 6.67. The second-order valence-corrected chi connectivity index (χ2v) is 11.9. The lowest BCUT2D eigenvalue weighted by molar-refractivity contribution is -0.0589. The molecule has 1 atom stereocenters. The van der Waals surface area contributed by atoms with Gasteiger partial charge in [-0.05, 0) is 61.2 Å². The van der Waals surface area contributed by atoms with Gasteiger partial charge in [0.1, 0.15) is 29.9 Å². The molecule has 246 valence electrons. The number of pyridine rings is 2. The fraction of sp³-hybridized carbons (Fsp3) is 0.257. The topological polar surface area (TPSA) is 137 Å². The largest absolute Gasteiger partial charge is 0.478 e. The van der Waals surface area contributed by atoms with E-state index in [4.69, 9.17) is 15.2 Å². The van der Waals surface area contributed by atoms with Crippen LogP contribution in [0.25, 0.3) is 28.0 Å². The molecule has 4 N–H and O–H groups in total. The van der Waals surface area contributed by atoms with Crippen LogP contribution < -0.4 is 15.8 Å². The van der Waals surface area contributed by atoms with E-state index in [-0.39, 0.29) is 53.0 Å². The van der Waals surface area contributed by atoms with Gasteiger partial charge in [0.2, 0.25) is 5.88 Å². The van der Waals surface area contributed by atoms with Crippen molar-refractivity contribution >= 4 is 22.7 Å². The van der Waals surface area contributed by atoms with Gasteiger partial charge in [-0.15, -0.1) is 0 Å². The SMILES string of the molecule is N/C(=C\NC1CC1)c1cc(F)c(COc2cccc(-c3cc(F)c(Cc4nc5ccc(C(=O)O)cc5n4CC4CCO4)cc3F)n2)cn1. The van der Waals surface area contributed by atoms with Crippen LogP contribution in [0.1, 0.15) is 52.3 Å². The number of fused-ring (bicyclic) bond motifs is 1. The number of aromatic nitrogens is 4. The van der Waals surface area contributed by atoms with Crippen molar-refractivity contribution in [2.45, 2.75) is 51.0 Å². The van der Waals surface area contributed by atoms with Crippen molar-refractivity contribution in [3.8, 4) is 17.1 Å². The highest BCUT2D eigenvalue weighted by atomic mass is 19.1. The predicted molar refractivity (Wildman–Crippen MR) is 170 cm³/mol. The van der Waals surface area contributed by atoms with Gasteiger partial charge in [0.25, 0.3) is 0 Å². The Balaban J connectivity index is 1.08. The van der Waals surface area contributed by atoms with Gasteiger partial charge in [0, 0.05) is 54.7 Å². The van der Waals surface area contributed by atoms with Gasteiger partial charge in [-0.2, -0.15) is 0 Å². The average molecular weight is 657 g/mol. The molecular weight excluding hydrogens is 625 g/mol. The lowest BCUT2D eigenvalue weighted by Gasteiger charge is -2.27. The number of hydrogen-bond donors (Lipinski definition) is 3. The maximum Gasteiger partial charge on any atom is 0.335 e. The van der Waals surface area contributed by atoms with E-state index in [1.807, 2.05) is 4.57 Å². The van der Waals surface area contributed by atoms with Crippen molar-refractivity contribution in [1.29, 1.82) is 0 Å². The molecule has 48 heavy (non-hydrogen) atoms. The Morgan fingerprint density at radius 3 is 2.58 bits per heavy atom. The highest BCUT2D eigenvalue weighted by Gasteiger charge is 2.24. The van der Waals surface area contributed by atoms with Crippen LogP contribution >= 0.6 is 0 Å². The smallest absolute Gasteiger partial charge is 0.335 e. The van der Waals surface area contributed by atoms with Crippen molar-refractivity contribution in [2.75, 3.05) is 6.61 Å². The van der Waals surface area contributed by atoms with E-state index in [2.05, 4.69) is 20.3 Å². The first-order valence-electron chi connectivity index (χ1n) is 15.5. The number of halogens is 3. The van der Waals surface area contributed by atoms with E-state index >= 15 is 8.78 Å². The Kier molecular flexibility index (Phi) is 8.44. The number of nitrogens with one attached hydrogen (secondary N) is 1. The molecule has 10 nitrogen and oxygen atoms in total. The van der Waals surface area contributed by atoms with Crippen LogP contribution in [-0.4, -0.2) is 49.3 Å². The monoisotopic (exact) mass is 656 g/mol. The van der Waals surface area contributed by atoms with Gasteiger partial charge >= 0.3 is 5.97 Å². The fourth-order valence-corrected chi connectivity index (χ4v) is 5.42. The van der Waals surface area contributed by atoms with Gasteiger partial charge in [-0.3, -0.25) is 4.98 Å². The zero-order valence-electron chi connectivity index (χ0n) is 25.6. The number of rotatable bonds is 12. The normalized spacial score (nSPS) is 16.1. The van der Waals surface area contributed by atoms with Crippen LogP contribution in [-0.2, 0) is 24.3 Å². The molecule has 2 aromatic carbocycles. The number of hydrogen-bond acceptors (Lipinski definition) is 8. The summed E-state index contributed by atoms with van der Waals surface area (Å²) < 4.78 is 59.0. The van der Waals surface area contributed by atoms with Crippen molar-refractivity contribution in [3.63, 3.8) is 0 Å². The van der Waals surface area contributed by atoms with Gasteiger partial charge in [-0.25, -0.2) is 27.9 Å². The molecule has 4 heterocycles. The Labute approximate surface area is 273 Å². The summed E-state index contributed by atoms with van der Waals surface area (Å²) in [5.74, 6) is -2.48. The van der Waals surface area contributed by atoms with Crippen LogP contribution in [0.3, 0.4) is 0 Å². The van der Waals surface area contributed by atoms with Gasteiger partial charge in [-0.1, -0.05) is 6.07 Å². The molecule has 0 spiro atoms. The van der Waals surface area contributed by atoms with E-state index < -0.39 is 23.4 Å². The number of carbonyl (C=O) groups is 1. The molecule has 0 bridgehead atoms. The second kappa shape index (κ2) is 13.0. The Hall–Kier alpha value is -5.43. The Morgan fingerprint density at radius 1 is 1.04 bits per heavy atom. The quantitative estimate of drug-likeness (QED) is 0.157. The zero-order chi connectivity index (χ0) is 33.4. The molecule has 7 rings (SSSR count). The van der Waals surface area contributed by atoms with E-state index in [0.29, 0.717) is 47.4 Å². The van der Waals surface area contributed by atoms with Crippen molar-refractivity contribution in [1.82, 2.24) is 24.8 Å². The molecule has 0 radical (unpaired) electrons. The number of carboxylic acid groups (broad SMARTS) is 1. The molecule has 3 aromatic heterocycles. The molecule has 1 unspecified atom stereocenters. The van der Waals surface area contributed by atoms with E-state index in [1.165, 1.54) is 36.5 Å². The minimum atomic E-state index is -1.08. The predicted octanol–water partition coefficient (Wildman–Crippen LogP) is 5.58. The van der Waals surface area contributed by atoms with E-state index in [0.717, 1.165) is 31.4 Å². The maximum atomic E-state index is 15.6. The molecule has 0 amide bonds. The molecule has 1 aliphatic heterocycles. The molecule has 2 aliphatic rings. The van der Waals surface area contributed by atoms with Crippen LogP contribution in [0.4, 0.5) is 13.2 Å². The maximum absolute atomic E-state index is 15.6. The van der Waals surface area contributed by atoms with Gasteiger partial charge in [0.05, 0.1) is 46.3 Å². The number of carboxylic acids is 1. The molecule has 2 fully saturated rings.